The second-order valence-electron chi connectivity index (χ2n) is 3.43. The summed E-state index contributed by atoms with van der Waals surface area (Å²) in [6.45, 7) is 0.203. The van der Waals surface area contributed by atoms with Crippen LogP contribution in [0.15, 0.2) is 17.8 Å². The fraction of sp³-hybridized carbons (Fsp3) is 0.375. The summed E-state index contributed by atoms with van der Waals surface area (Å²) < 4.78 is 28.3. The number of nitrogens with one attached hydrogen (secondary N) is 1. The third kappa shape index (κ3) is 2.24. The zero-order chi connectivity index (χ0) is 11.8. The van der Waals surface area contributed by atoms with Crippen LogP contribution < -0.4 is 4.72 Å². The van der Waals surface area contributed by atoms with Crippen molar-refractivity contribution in [1.29, 1.82) is 0 Å². The fourth-order valence-corrected chi connectivity index (χ4v) is 2.46. The lowest BCUT2D eigenvalue weighted by molar-refractivity contribution is 0.505. The van der Waals surface area contributed by atoms with Crippen LogP contribution in [-0.4, -0.2) is 36.2 Å². The molecule has 0 saturated heterocycles. The van der Waals surface area contributed by atoms with Crippen LogP contribution in [0.4, 0.5) is 0 Å². The van der Waals surface area contributed by atoms with E-state index in [2.05, 4.69) is 9.71 Å². The van der Waals surface area contributed by atoms with Gasteiger partial charge in [-0.3, -0.25) is 4.40 Å². The normalized spacial score (nSPS) is 12.7. The summed E-state index contributed by atoms with van der Waals surface area (Å²) in [5.41, 5.74) is 0.706. The second-order valence-corrected chi connectivity index (χ2v) is 6.28. The van der Waals surface area contributed by atoms with Crippen molar-refractivity contribution in [3.63, 3.8) is 0 Å². The largest absolute Gasteiger partial charge is 0.297 e. The van der Waals surface area contributed by atoms with Gasteiger partial charge in [0.05, 0.1) is 12.2 Å². The molecule has 0 bridgehead atoms. The summed E-state index contributed by atoms with van der Waals surface area (Å²) in [4.78, 5) is 5.13. The Labute approximate surface area is 97.7 Å². The Morgan fingerprint density at radius 2 is 2.31 bits per heavy atom. The molecule has 0 aliphatic carbocycles. The van der Waals surface area contributed by atoms with Crippen LogP contribution in [0.3, 0.4) is 0 Å². The van der Waals surface area contributed by atoms with E-state index in [0.29, 0.717) is 5.69 Å². The van der Waals surface area contributed by atoms with Gasteiger partial charge in [0.15, 0.2) is 4.96 Å². The Morgan fingerprint density at radius 3 is 2.94 bits per heavy atom. The van der Waals surface area contributed by atoms with Gasteiger partial charge in [-0.15, -0.1) is 11.3 Å². The van der Waals surface area contributed by atoms with Gasteiger partial charge in [0.1, 0.15) is 0 Å². The fourth-order valence-electron chi connectivity index (χ4n) is 1.16. The molecular weight excluding hydrogens is 248 g/mol. The molecule has 88 valence electrons. The van der Waals surface area contributed by atoms with Gasteiger partial charge in [-0.1, -0.05) is 0 Å². The zero-order valence-corrected chi connectivity index (χ0v) is 10.5. The minimum atomic E-state index is -3.38. The highest BCUT2D eigenvalue weighted by Crippen LogP contribution is 2.11. The average molecular weight is 260 g/mol. The Hall–Kier alpha value is -0.960. The minimum Gasteiger partial charge on any atom is -0.297 e. The lowest BCUT2D eigenvalue weighted by Gasteiger charge is -2.10. The number of hydrogen-bond acceptors (Lipinski definition) is 4. The maximum Gasteiger partial charge on any atom is 0.279 e. The van der Waals surface area contributed by atoms with E-state index in [4.69, 9.17) is 0 Å². The standard InChI is InChI=1S/C8H12N4O2S2/c1-11(2)16(13,14)9-5-7-6-12-3-4-15-8(12)10-7/h3-4,6,9H,5H2,1-2H3. The predicted molar refractivity (Wildman–Crippen MR) is 62.5 cm³/mol. The van der Waals surface area contributed by atoms with Crippen LogP contribution >= 0.6 is 11.3 Å². The molecule has 1 N–H and O–H groups in total. The van der Waals surface area contributed by atoms with E-state index < -0.39 is 10.2 Å². The third-order valence-corrected chi connectivity index (χ3v) is 4.30. The number of rotatable bonds is 4. The predicted octanol–water partition coefficient (Wildman–Crippen LogP) is 0.292. The molecule has 16 heavy (non-hydrogen) atoms. The number of imidazole rings is 1. The highest BCUT2D eigenvalue weighted by molar-refractivity contribution is 7.87. The number of hydrogen-bond donors (Lipinski definition) is 1. The van der Waals surface area contributed by atoms with Crippen LogP contribution in [0.1, 0.15) is 5.69 Å². The summed E-state index contributed by atoms with van der Waals surface area (Å²) in [6, 6.07) is 0. The van der Waals surface area contributed by atoms with Gasteiger partial charge in [0.25, 0.3) is 10.2 Å². The van der Waals surface area contributed by atoms with Gasteiger partial charge >= 0.3 is 0 Å². The number of nitrogens with zero attached hydrogens (tertiary/aromatic N) is 3. The van der Waals surface area contributed by atoms with Crippen molar-refractivity contribution in [2.24, 2.45) is 0 Å². The molecule has 0 amide bonds. The van der Waals surface area contributed by atoms with Gasteiger partial charge in [-0.2, -0.15) is 17.4 Å². The molecule has 2 aromatic heterocycles. The minimum absolute atomic E-state index is 0.203. The van der Waals surface area contributed by atoms with Crippen LogP contribution in [0, 0.1) is 0 Å². The van der Waals surface area contributed by atoms with Crippen molar-refractivity contribution >= 4 is 26.5 Å². The maximum absolute atomic E-state index is 11.4. The van der Waals surface area contributed by atoms with Gasteiger partial charge in [0, 0.05) is 31.9 Å². The van der Waals surface area contributed by atoms with E-state index in [1.165, 1.54) is 25.4 Å². The molecule has 2 rings (SSSR count). The first-order valence-corrected chi connectivity index (χ1v) is 6.89. The monoisotopic (exact) mass is 260 g/mol. The molecule has 0 radical (unpaired) electrons. The van der Waals surface area contributed by atoms with E-state index in [0.717, 1.165) is 9.27 Å². The number of aromatic nitrogens is 2. The van der Waals surface area contributed by atoms with E-state index in [1.807, 2.05) is 22.2 Å². The van der Waals surface area contributed by atoms with Crippen LogP contribution in [0.25, 0.3) is 4.96 Å². The van der Waals surface area contributed by atoms with Crippen LogP contribution in [-0.2, 0) is 16.8 Å². The van der Waals surface area contributed by atoms with Crippen LogP contribution in [0.2, 0.25) is 0 Å². The van der Waals surface area contributed by atoms with Crippen molar-refractivity contribution in [3.8, 4) is 0 Å². The first kappa shape index (κ1) is 11.5. The summed E-state index contributed by atoms with van der Waals surface area (Å²) in [7, 11) is -0.419. The van der Waals surface area contributed by atoms with E-state index >= 15 is 0 Å². The highest BCUT2D eigenvalue weighted by atomic mass is 32.2. The topological polar surface area (TPSA) is 66.7 Å². The molecular formula is C8H12N4O2S2. The summed E-state index contributed by atoms with van der Waals surface area (Å²) in [5.74, 6) is 0. The van der Waals surface area contributed by atoms with Crippen LogP contribution in [0.5, 0.6) is 0 Å². The summed E-state index contributed by atoms with van der Waals surface area (Å²) in [6.07, 6.45) is 3.70. The van der Waals surface area contributed by atoms with Crippen molar-refractivity contribution in [3.05, 3.63) is 23.5 Å². The SMILES string of the molecule is CN(C)S(=O)(=O)NCc1cn2ccsc2n1. The molecule has 0 fully saturated rings. The quantitative estimate of drug-likeness (QED) is 0.859. The molecule has 8 heteroatoms. The Bertz CT molecular complexity index is 555. The maximum atomic E-state index is 11.4. The molecule has 0 aliphatic rings. The summed E-state index contributed by atoms with van der Waals surface area (Å²) in [5, 5.41) is 1.93. The van der Waals surface area contributed by atoms with E-state index in [1.54, 1.807) is 0 Å². The second kappa shape index (κ2) is 4.13. The molecule has 0 unspecified atom stereocenters. The Balaban J connectivity index is 2.09. The van der Waals surface area contributed by atoms with E-state index in [-0.39, 0.29) is 6.54 Å². The van der Waals surface area contributed by atoms with E-state index in [9.17, 15) is 8.42 Å². The molecule has 0 spiro atoms. The first-order valence-electron chi connectivity index (χ1n) is 4.57. The van der Waals surface area contributed by atoms with Gasteiger partial charge < -0.3 is 0 Å². The zero-order valence-electron chi connectivity index (χ0n) is 8.91. The molecule has 0 aromatic carbocycles. The average Bonchev–Trinajstić information content (AvgIpc) is 2.73. The molecule has 0 saturated carbocycles. The van der Waals surface area contributed by atoms with Gasteiger partial charge in [0.2, 0.25) is 0 Å². The Kier molecular flexibility index (Phi) is 2.98. The molecule has 2 aromatic rings. The van der Waals surface area contributed by atoms with Crippen molar-refractivity contribution < 1.29 is 8.42 Å². The summed E-state index contributed by atoms with van der Waals surface area (Å²) >= 11 is 1.51. The lowest BCUT2D eigenvalue weighted by atomic mass is 10.5. The first-order chi connectivity index (χ1) is 7.49. The molecule has 6 nitrogen and oxygen atoms in total. The van der Waals surface area contributed by atoms with Gasteiger partial charge in [-0.25, -0.2) is 4.98 Å². The smallest absolute Gasteiger partial charge is 0.279 e. The molecule has 0 aliphatic heterocycles. The lowest BCUT2D eigenvalue weighted by Crippen LogP contribution is -2.35. The number of thiazole rings is 1. The molecule has 0 atom stereocenters. The highest BCUT2D eigenvalue weighted by Gasteiger charge is 2.13. The van der Waals surface area contributed by atoms with Crippen molar-refractivity contribution in [1.82, 2.24) is 18.4 Å². The third-order valence-electron chi connectivity index (χ3n) is 2.06. The Morgan fingerprint density at radius 1 is 1.56 bits per heavy atom. The van der Waals surface area contributed by atoms with Gasteiger partial charge in [-0.05, 0) is 0 Å². The number of fused-ring (bicyclic) bond motifs is 1. The molecule has 2 heterocycles. The van der Waals surface area contributed by atoms with Crippen molar-refractivity contribution in [2.75, 3.05) is 14.1 Å². The van der Waals surface area contributed by atoms with Crippen molar-refractivity contribution in [2.45, 2.75) is 6.54 Å².